The van der Waals surface area contributed by atoms with Crippen LogP contribution in [0.2, 0.25) is 0 Å². The highest BCUT2D eigenvalue weighted by molar-refractivity contribution is 5.83. The SMILES string of the molecule is CC(C(=O)NCC(F)(F)F)c1ccc(CCCC2CCN(c3nc(N(C)C)ncc3F)C2)cc1. The monoisotopic (exact) mass is 481 g/mol. The summed E-state index contributed by atoms with van der Waals surface area (Å²) < 4.78 is 51.1. The van der Waals surface area contributed by atoms with Gasteiger partial charge < -0.3 is 15.1 Å². The van der Waals surface area contributed by atoms with Gasteiger partial charge in [0.2, 0.25) is 11.9 Å². The van der Waals surface area contributed by atoms with Gasteiger partial charge in [0, 0.05) is 27.2 Å². The maximum Gasteiger partial charge on any atom is 0.405 e. The number of halogens is 4. The number of amides is 1. The van der Waals surface area contributed by atoms with Crippen molar-refractivity contribution >= 4 is 17.7 Å². The molecule has 1 amide bonds. The molecule has 1 saturated heterocycles. The van der Waals surface area contributed by atoms with E-state index in [9.17, 15) is 22.4 Å². The molecule has 2 atom stereocenters. The van der Waals surface area contributed by atoms with Crippen LogP contribution in [-0.2, 0) is 11.2 Å². The molecule has 1 aliphatic rings. The van der Waals surface area contributed by atoms with Gasteiger partial charge in [0.25, 0.3) is 0 Å². The van der Waals surface area contributed by atoms with Gasteiger partial charge in [-0.3, -0.25) is 4.79 Å². The number of anilines is 2. The second-order valence-corrected chi connectivity index (χ2v) is 9.03. The lowest BCUT2D eigenvalue weighted by atomic mass is 9.96. The van der Waals surface area contributed by atoms with Crippen LogP contribution in [0.15, 0.2) is 30.5 Å². The van der Waals surface area contributed by atoms with E-state index in [1.165, 1.54) is 6.20 Å². The average Bonchev–Trinajstić information content (AvgIpc) is 3.25. The topological polar surface area (TPSA) is 61.4 Å². The lowest BCUT2D eigenvalue weighted by Gasteiger charge is -2.20. The molecule has 3 rings (SSSR count). The standard InChI is InChI=1S/C24H31F4N5O/c1-16(22(34)30-15-24(26,27)28)19-9-7-17(8-10-19)5-4-6-18-11-12-33(14-18)21-20(25)13-29-23(31-21)32(2)3/h7-10,13,16,18H,4-6,11-12,14-15H2,1-3H3,(H,30,34). The van der Waals surface area contributed by atoms with Crippen LogP contribution >= 0.6 is 0 Å². The van der Waals surface area contributed by atoms with E-state index >= 15 is 0 Å². The van der Waals surface area contributed by atoms with Crippen molar-refractivity contribution in [3.8, 4) is 0 Å². The first-order valence-corrected chi connectivity index (χ1v) is 11.4. The normalized spacial score (nSPS) is 17.0. The van der Waals surface area contributed by atoms with Crippen molar-refractivity contribution in [1.82, 2.24) is 15.3 Å². The smallest absolute Gasteiger partial charge is 0.354 e. The molecule has 1 N–H and O–H groups in total. The zero-order valence-electron chi connectivity index (χ0n) is 19.7. The van der Waals surface area contributed by atoms with E-state index < -0.39 is 30.4 Å². The zero-order valence-corrected chi connectivity index (χ0v) is 19.7. The third kappa shape index (κ3) is 7.04. The van der Waals surface area contributed by atoms with Crippen LogP contribution in [0.3, 0.4) is 0 Å². The summed E-state index contributed by atoms with van der Waals surface area (Å²) in [4.78, 5) is 24.0. The molecule has 1 aromatic heterocycles. The van der Waals surface area contributed by atoms with E-state index in [-0.39, 0.29) is 0 Å². The van der Waals surface area contributed by atoms with Gasteiger partial charge in [0.05, 0.1) is 12.1 Å². The average molecular weight is 482 g/mol. The molecule has 1 aromatic carbocycles. The first kappa shape index (κ1) is 25.7. The molecule has 0 saturated carbocycles. The minimum atomic E-state index is -4.42. The Bertz CT molecular complexity index is 965. The van der Waals surface area contributed by atoms with Gasteiger partial charge in [-0.15, -0.1) is 0 Å². The van der Waals surface area contributed by atoms with Crippen LogP contribution in [0.4, 0.5) is 29.3 Å². The van der Waals surface area contributed by atoms with Gasteiger partial charge in [-0.05, 0) is 49.7 Å². The molecule has 1 fully saturated rings. The molecule has 0 spiro atoms. The number of nitrogens with one attached hydrogen (secondary N) is 1. The summed E-state index contributed by atoms with van der Waals surface area (Å²) in [5.41, 5.74) is 1.79. The summed E-state index contributed by atoms with van der Waals surface area (Å²) in [6.07, 6.45) is 0.599. The van der Waals surface area contributed by atoms with E-state index in [0.29, 0.717) is 23.2 Å². The number of rotatable bonds is 9. The van der Waals surface area contributed by atoms with Crippen molar-refractivity contribution in [2.45, 2.75) is 44.7 Å². The zero-order chi connectivity index (χ0) is 24.9. The predicted octanol–water partition coefficient (Wildman–Crippen LogP) is 4.31. The van der Waals surface area contributed by atoms with Crippen LogP contribution in [0.5, 0.6) is 0 Å². The fourth-order valence-corrected chi connectivity index (χ4v) is 4.11. The summed E-state index contributed by atoms with van der Waals surface area (Å²) in [7, 11) is 3.64. The fraction of sp³-hybridized carbons (Fsp3) is 0.542. The molecular weight excluding hydrogens is 450 g/mol. The third-order valence-electron chi connectivity index (χ3n) is 6.11. The molecule has 0 bridgehead atoms. The minimum absolute atomic E-state index is 0.352. The number of aryl methyl sites for hydroxylation is 1. The maximum atomic E-state index is 14.3. The van der Waals surface area contributed by atoms with Crippen LogP contribution in [-0.4, -0.2) is 55.8 Å². The van der Waals surface area contributed by atoms with Crippen LogP contribution < -0.4 is 15.1 Å². The second kappa shape index (κ2) is 11.0. The molecule has 2 unspecified atom stereocenters. The Morgan fingerprint density at radius 2 is 1.97 bits per heavy atom. The predicted molar refractivity (Wildman–Crippen MR) is 123 cm³/mol. The molecule has 2 aromatic rings. The third-order valence-corrected chi connectivity index (χ3v) is 6.11. The van der Waals surface area contributed by atoms with E-state index in [4.69, 9.17) is 0 Å². The molecule has 0 radical (unpaired) electrons. The molecule has 2 heterocycles. The highest BCUT2D eigenvalue weighted by Gasteiger charge is 2.29. The summed E-state index contributed by atoms with van der Waals surface area (Å²) in [5, 5.41) is 1.93. The van der Waals surface area contributed by atoms with E-state index in [0.717, 1.165) is 44.3 Å². The van der Waals surface area contributed by atoms with Gasteiger partial charge in [-0.1, -0.05) is 24.3 Å². The van der Waals surface area contributed by atoms with Crippen molar-refractivity contribution < 1.29 is 22.4 Å². The van der Waals surface area contributed by atoms with Crippen LogP contribution in [0.25, 0.3) is 0 Å². The first-order valence-electron chi connectivity index (χ1n) is 11.4. The van der Waals surface area contributed by atoms with Gasteiger partial charge in [0.1, 0.15) is 6.54 Å². The highest BCUT2D eigenvalue weighted by Crippen LogP contribution is 2.28. The summed E-state index contributed by atoms with van der Waals surface area (Å²) in [5.74, 6) is -0.424. The lowest BCUT2D eigenvalue weighted by Crippen LogP contribution is -2.36. The number of nitrogens with zero attached hydrogens (tertiary/aromatic N) is 4. The van der Waals surface area contributed by atoms with Crippen LogP contribution in [0, 0.1) is 11.7 Å². The number of alkyl halides is 3. The number of benzene rings is 1. The van der Waals surface area contributed by atoms with Crippen molar-refractivity contribution in [2.75, 3.05) is 43.5 Å². The van der Waals surface area contributed by atoms with Crippen molar-refractivity contribution in [3.63, 3.8) is 0 Å². The van der Waals surface area contributed by atoms with Gasteiger partial charge in [-0.25, -0.2) is 9.37 Å². The Morgan fingerprint density at radius 3 is 2.62 bits per heavy atom. The Balaban J connectivity index is 1.46. The van der Waals surface area contributed by atoms with Crippen molar-refractivity contribution in [2.24, 2.45) is 5.92 Å². The van der Waals surface area contributed by atoms with Gasteiger partial charge >= 0.3 is 6.18 Å². The van der Waals surface area contributed by atoms with E-state index in [1.54, 1.807) is 24.0 Å². The fourth-order valence-electron chi connectivity index (χ4n) is 4.11. The molecular formula is C24H31F4N5O. The molecule has 186 valence electrons. The summed E-state index contributed by atoms with van der Waals surface area (Å²) in [6.45, 7) is 1.78. The Labute approximate surface area is 197 Å². The number of hydrogen-bond donors (Lipinski definition) is 1. The molecule has 0 aliphatic carbocycles. The maximum absolute atomic E-state index is 14.3. The quantitative estimate of drug-likeness (QED) is 0.541. The Kier molecular flexibility index (Phi) is 8.33. The first-order chi connectivity index (χ1) is 16.0. The number of carbonyl (C=O) groups excluding carboxylic acids is 1. The van der Waals surface area contributed by atoms with Crippen LogP contribution in [0.1, 0.15) is 43.2 Å². The van der Waals surface area contributed by atoms with Crippen molar-refractivity contribution in [1.29, 1.82) is 0 Å². The minimum Gasteiger partial charge on any atom is -0.354 e. The Hall–Kier alpha value is -2.91. The highest BCUT2D eigenvalue weighted by atomic mass is 19.4. The molecule has 1 aliphatic heterocycles. The lowest BCUT2D eigenvalue weighted by molar-refractivity contribution is -0.139. The van der Waals surface area contributed by atoms with Gasteiger partial charge in [0.15, 0.2) is 11.6 Å². The molecule has 10 heteroatoms. The number of aromatic nitrogens is 2. The summed E-state index contributed by atoms with van der Waals surface area (Å²) in [6, 6.07) is 7.43. The van der Waals surface area contributed by atoms with E-state index in [2.05, 4.69) is 9.97 Å². The van der Waals surface area contributed by atoms with Gasteiger partial charge in [-0.2, -0.15) is 18.2 Å². The number of hydrogen-bond acceptors (Lipinski definition) is 5. The Morgan fingerprint density at radius 1 is 1.26 bits per heavy atom. The number of carbonyl (C=O) groups is 1. The molecule has 34 heavy (non-hydrogen) atoms. The summed E-state index contributed by atoms with van der Waals surface area (Å²) >= 11 is 0. The van der Waals surface area contributed by atoms with E-state index in [1.807, 2.05) is 36.4 Å². The van der Waals surface area contributed by atoms with Crippen molar-refractivity contribution in [3.05, 3.63) is 47.4 Å². The second-order valence-electron chi connectivity index (χ2n) is 9.03. The largest absolute Gasteiger partial charge is 0.405 e. The molecule has 6 nitrogen and oxygen atoms in total.